The fraction of sp³-hybridized carbons (Fsp3) is 0.0417. The molecule has 0 aliphatic heterocycles. The molecule has 2 N–H and O–H groups in total. The molecule has 3 aromatic carbocycles. The molecule has 7 heteroatoms. The lowest BCUT2D eigenvalue weighted by Crippen LogP contribution is -2.11. The maximum Gasteiger partial charge on any atom is 0.255 e. The summed E-state index contributed by atoms with van der Waals surface area (Å²) in [6.07, 6.45) is 1.44. The second-order valence-corrected chi connectivity index (χ2v) is 6.68. The molecule has 0 fully saturated rings. The van der Waals surface area contributed by atoms with E-state index in [0.717, 1.165) is 17.0 Å². The molecule has 0 atom stereocenters. The number of ether oxygens (including phenoxy) is 1. The minimum absolute atomic E-state index is 0.211. The summed E-state index contributed by atoms with van der Waals surface area (Å²) in [5, 5.41) is 6.03. The van der Waals surface area contributed by atoms with Gasteiger partial charge in [-0.15, -0.1) is 0 Å². The third-order valence-corrected chi connectivity index (χ3v) is 4.57. The van der Waals surface area contributed by atoms with Gasteiger partial charge in [0.05, 0.1) is 12.8 Å². The van der Waals surface area contributed by atoms with Gasteiger partial charge in [0.2, 0.25) is 0 Å². The first-order chi connectivity index (χ1) is 15.1. The van der Waals surface area contributed by atoms with Crippen LogP contribution in [0.15, 0.2) is 85.2 Å². The van der Waals surface area contributed by atoms with Crippen LogP contribution >= 0.6 is 0 Å². The van der Waals surface area contributed by atoms with Gasteiger partial charge < -0.3 is 15.4 Å². The molecular weight excluding hydrogens is 395 g/mol. The first-order valence-corrected chi connectivity index (χ1v) is 9.51. The first kappa shape index (κ1) is 20.0. The van der Waals surface area contributed by atoms with Crippen LogP contribution in [-0.4, -0.2) is 23.0 Å². The van der Waals surface area contributed by atoms with Crippen molar-refractivity contribution in [1.82, 2.24) is 9.97 Å². The van der Waals surface area contributed by atoms with Gasteiger partial charge >= 0.3 is 0 Å². The first-order valence-electron chi connectivity index (χ1n) is 9.51. The van der Waals surface area contributed by atoms with E-state index in [0.29, 0.717) is 22.8 Å². The predicted molar refractivity (Wildman–Crippen MR) is 118 cm³/mol. The van der Waals surface area contributed by atoms with E-state index in [1.54, 1.807) is 73.8 Å². The number of hydrogen-bond donors (Lipinski definition) is 2. The molecule has 0 saturated heterocycles. The van der Waals surface area contributed by atoms with Crippen LogP contribution in [-0.2, 0) is 0 Å². The number of aromatic nitrogens is 2. The average molecular weight is 414 g/mol. The fourth-order valence-electron chi connectivity index (χ4n) is 2.93. The van der Waals surface area contributed by atoms with Gasteiger partial charge in [-0.3, -0.25) is 4.79 Å². The highest BCUT2D eigenvalue weighted by molar-refractivity contribution is 6.04. The van der Waals surface area contributed by atoms with Crippen molar-refractivity contribution in [3.63, 3.8) is 0 Å². The minimum Gasteiger partial charge on any atom is -0.497 e. The van der Waals surface area contributed by atoms with E-state index in [1.165, 1.54) is 18.5 Å². The van der Waals surface area contributed by atoms with E-state index in [2.05, 4.69) is 20.6 Å². The van der Waals surface area contributed by atoms with Crippen molar-refractivity contribution in [2.24, 2.45) is 0 Å². The molecule has 154 valence electrons. The number of carbonyl (C=O) groups excluding carboxylic acids is 1. The number of halogens is 1. The van der Waals surface area contributed by atoms with E-state index in [9.17, 15) is 9.18 Å². The average Bonchev–Trinajstić information content (AvgIpc) is 2.81. The third-order valence-electron chi connectivity index (χ3n) is 4.57. The zero-order valence-electron chi connectivity index (χ0n) is 16.7. The quantitative estimate of drug-likeness (QED) is 0.449. The van der Waals surface area contributed by atoms with Crippen LogP contribution in [0.2, 0.25) is 0 Å². The summed E-state index contributed by atoms with van der Waals surface area (Å²) in [5.41, 5.74) is 3.44. The summed E-state index contributed by atoms with van der Waals surface area (Å²) in [6.45, 7) is 0. The Morgan fingerprint density at radius 3 is 2.23 bits per heavy atom. The largest absolute Gasteiger partial charge is 0.497 e. The molecule has 0 unspecified atom stereocenters. The predicted octanol–water partition coefficient (Wildman–Crippen LogP) is 5.29. The maximum atomic E-state index is 13.1. The van der Waals surface area contributed by atoms with E-state index >= 15 is 0 Å². The Hall–Kier alpha value is -4.26. The van der Waals surface area contributed by atoms with E-state index in [-0.39, 0.29) is 11.7 Å². The van der Waals surface area contributed by atoms with Crippen molar-refractivity contribution >= 4 is 23.1 Å². The van der Waals surface area contributed by atoms with Crippen LogP contribution in [0.4, 0.5) is 21.6 Å². The monoisotopic (exact) mass is 414 g/mol. The van der Waals surface area contributed by atoms with Crippen molar-refractivity contribution in [3.8, 4) is 17.0 Å². The van der Waals surface area contributed by atoms with Crippen LogP contribution in [0.3, 0.4) is 0 Å². The number of amides is 1. The standard InChI is InChI=1S/C24H19FN4O2/c1-31-21-12-10-20(11-13-21)29-24(30)17-4-8-19(9-5-17)28-23-14-22(26-15-27-23)16-2-6-18(25)7-3-16/h2-15H,1H3,(H,29,30)(H,26,27,28). The highest BCUT2D eigenvalue weighted by Crippen LogP contribution is 2.22. The lowest BCUT2D eigenvalue weighted by molar-refractivity contribution is 0.102. The van der Waals surface area contributed by atoms with E-state index < -0.39 is 0 Å². The zero-order valence-corrected chi connectivity index (χ0v) is 16.7. The van der Waals surface area contributed by atoms with Crippen molar-refractivity contribution in [1.29, 1.82) is 0 Å². The number of methoxy groups -OCH3 is 1. The molecule has 0 radical (unpaired) electrons. The smallest absolute Gasteiger partial charge is 0.255 e. The zero-order chi connectivity index (χ0) is 21.6. The molecule has 0 aliphatic rings. The van der Waals surface area contributed by atoms with Crippen LogP contribution in [0, 0.1) is 5.82 Å². The number of nitrogens with zero attached hydrogens (tertiary/aromatic N) is 2. The Kier molecular flexibility index (Phi) is 5.84. The molecule has 0 saturated carbocycles. The van der Waals surface area contributed by atoms with Gasteiger partial charge in [-0.2, -0.15) is 0 Å². The maximum absolute atomic E-state index is 13.1. The van der Waals surface area contributed by atoms with Crippen LogP contribution in [0.25, 0.3) is 11.3 Å². The Bertz CT molecular complexity index is 1180. The van der Waals surface area contributed by atoms with Gasteiger partial charge in [-0.05, 0) is 72.8 Å². The summed E-state index contributed by atoms with van der Waals surface area (Å²) in [6, 6.07) is 22.0. The Balaban J connectivity index is 1.43. The van der Waals surface area contributed by atoms with Gasteiger partial charge in [-0.25, -0.2) is 14.4 Å². The molecule has 31 heavy (non-hydrogen) atoms. The molecule has 0 bridgehead atoms. The number of carbonyl (C=O) groups is 1. The number of anilines is 3. The summed E-state index contributed by atoms with van der Waals surface area (Å²) < 4.78 is 18.2. The van der Waals surface area contributed by atoms with Gasteiger partial charge in [-0.1, -0.05) is 0 Å². The summed E-state index contributed by atoms with van der Waals surface area (Å²) in [5.74, 6) is 0.801. The molecule has 1 heterocycles. The van der Waals surface area contributed by atoms with Crippen molar-refractivity contribution in [3.05, 3.63) is 96.6 Å². The third kappa shape index (κ3) is 5.02. The summed E-state index contributed by atoms with van der Waals surface area (Å²) in [4.78, 5) is 20.9. The molecule has 0 spiro atoms. The number of nitrogens with one attached hydrogen (secondary N) is 2. The van der Waals surface area contributed by atoms with Gasteiger partial charge in [0.15, 0.2) is 0 Å². The summed E-state index contributed by atoms with van der Waals surface area (Å²) in [7, 11) is 1.59. The van der Waals surface area contributed by atoms with Crippen LogP contribution < -0.4 is 15.4 Å². The highest BCUT2D eigenvalue weighted by Gasteiger charge is 2.07. The van der Waals surface area contributed by atoms with E-state index in [4.69, 9.17) is 4.74 Å². The van der Waals surface area contributed by atoms with Gasteiger partial charge in [0, 0.05) is 28.6 Å². The number of hydrogen-bond acceptors (Lipinski definition) is 5. The van der Waals surface area contributed by atoms with Crippen LogP contribution in [0.1, 0.15) is 10.4 Å². The Morgan fingerprint density at radius 1 is 0.871 bits per heavy atom. The molecule has 4 rings (SSSR count). The molecule has 1 aromatic heterocycles. The fourth-order valence-corrected chi connectivity index (χ4v) is 2.93. The van der Waals surface area contributed by atoms with Crippen molar-refractivity contribution in [2.75, 3.05) is 17.7 Å². The second-order valence-electron chi connectivity index (χ2n) is 6.68. The second kappa shape index (κ2) is 9.04. The molecule has 4 aromatic rings. The van der Waals surface area contributed by atoms with Gasteiger partial charge in [0.25, 0.3) is 5.91 Å². The molecule has 6 nitrogen and oxygen atoms in total. The lowest BCUT2D eigenvalue weighted by atomic mass is 10.1. The molecule has 1 amide bonds. The minimum atomic E-state index is -0.299. The Labute approximate surface area is 178 Å². The normalized spacial score (nSPS) is 10.4. The SMILES string of the molecule is COc1ccc(NC(=O)c2ccc(Nc3cc(-c4ccc(F)cc4)ncn3)cc2)cc1. The number of rotatable bonds is 6. The molecular formula is C24H19FN4O2. The van der Waals surface area contributed by atoms with Crippen molar-refractivity contribution < 1.29 is 13.9 Å². The molecule has 0 aliphatic carbocycles. The Morgan fingerprint density at radius 2 is 1.55 bits per heavy atom. The highest BCUT2D eigenvalue weighted by atomic mass is 19.1. The summed E-state index contributed by atoms with van der Waals surface area (Å²) >= 11 is 0. The number of benzene rings is 3. The van der Waals surface area contributed by atoms with E-state index in [1.807, 2.05) is 0 Å². The van der Waals surface area contributed by atoms with Gasteiger partial charge in [0.1, 0.15) is 23.7 Å². The van der Waals surface area contributed by atoms with Crippen molar-refractivity contribution in [2.45, 2.75) is 0 Å². The lowest BCUT2D eigenvalue weighted by Gasteiger charge is -2.09. The topological polar surface area (TPSA) is 76.1 Å². The van der Waals surface area contributed by atoms with Crippen LogP contribution in [0.5, 0.6) is 5.75 Å².